The molecule has 1 aromatic heterocycles. The number of nitrogens with zero attached hydrogens (tertiary/aromatic N) is 1. The summed E-state index contributed by atoms with van der Waals surface area (Å²) in [4.78, 5) is 20.0. The molecule has 0 saturated carbocycles. The molecule has 2 heterocycles. The van der Waals surface area contributed by atoms with Crippen LogP contribution >= 0.6 is 11.8 Å². The molecule has 2 atom stereocenters. The summed E-state index contributed by atoms with van der Waals surface area (Å²) in [7, 11) is 0. The Morgan fingerprint density at radius 1 is 1.12 bits per heavy atom. The van der Waals surface area contributed by atoms with Gasteiger partial charge in [0.15, 0.2) is 0 Å². The number of benzene rings is 2. The average molecular weight is 362 g/mol. The van der Waals surface area contributed by atoms with Gasteiger partial charge in [-0.1, -0.05) is 36.4 Å². The van der Waals surface area contributed by atoms with Crippen LogP contribution in [0.1, 0.15) is 30.1 Å². The lowest BCUT2D eigenvalue weighted by Crippen LogP contribution is -2.44. The number of fused-ring (bicyclic) bond motifs is 6. The molecule has 2 aromatic carbocycles. The number of thioether (sulfide) groups is 1. The minimum atomic E-state index is 0.234. The molecule has 132 valence electrons. The van der Waals surface area contributed by atoms with Crippen molar-refractivity contribution in [1.29, 1.82) is 0 Å². The van der Waals surface area contributed by atoms with Gasteiger partial charge in [0.25, 0.3) is 0 Å². The Hall–Kier alpha value is -2.20. The second kappa shape index (κ2) is 6.51. The van der Waals surface area contributed by atoms with E-state index in [1.807, 2.05) is 18.2 Å². The van der Waals surface area contributed by atoms with Gasteiger partial charge in [-0.25, -0.2) is 0 Å². The Labute approximate surface area is 157 Å². The van der Waals surface area contributed by atoms with Gasteiger partial charge in [0.1, 0.15) is 0 Å². The molecule has 1 aliphatic heterocycles. The van der Waals surface area contributed by atoms with Gasteiger partial charge < -0.3 is 9.88 Å². The summed E-state index contributed by atoms with van der Waals surface area (Å²) in [6.07, 6.45) is 3.35. The fourth-order valence-corrected chi connectivity index (χ4v) is 5.40. The Morgan fingerprint density at radius 3 is 2.81 bits per heavy atom. The van der Waals surface area contributed by atoms with E-state index >= 15 is 0 Å². The smallest absolute Gasteiger partial charge is 0.233 e. The molecular weight excluding hydrogens is 340 g/mol. The van der Waals surface area contributed by atoms with Crippen LogP contribution < -0.4 is 0 Å². The number of carbonyl (C=O) groups is 1. The third-order valence-electron chi connectivity index (χ3n) is 5.79. The van der Waals surface area contributed by atoms with Gasteiger partial charge in [-0.15, -0.1) is 11.8 Å². The highest BCUT2D eigenvalue weighted by molar-refractivity contribution is 8.00. The zero-order valence-corrected chi connectivity index (χ0v) is 15.5. The number of rotatable bonds is 3. The topological polar surface area (TPSA) is 36.1 Å². The number of H-pyrrole nitrogens is 1. The Bertz CT molecular complexity index is 949. The third kappa shape index (κ3) is 2.73. The van der Waals surface area contributed by atoms with Crippen LogP contribution in [0.2, 0.25) is 0 Å². The van der Waals surface area contributed by atoms with Gasteiger partial charge in [0.2, 0.25) is 5.91 Å². The Morgan fingerprint density at radius 2 is 1.92 bits per heavy atom. The lowest BCUT2D eigenvalue weighted by molar-refractivity contribution is -0.133. The Kier molecular flexibility index (Phi) is 4.01. The van der Waals surface area contributed by atoms with Gasteiger partial charge in [-0.3, -0.25) is 4.79 Å². The van der Waals surface area contributed by atoms with Crippen molar-refractivity contribution >= 4 is 28.6 Å². The number of nitrogens with one attached hydrogen (secondary N) is 1. The summed E-state index contributed by atoms with van der Waals surface area (Å²) >= 11 is 1.64. The van der Waals surface area contributed by atoms with Crippen molar-refractivity contribution in [3.8, 4) is 0 Å². The summed E-state index contributed by atoms with van der Waals surface area (Å²) in [6.45, 7) is 0.891. The van der Waals surface area contributed by atoms with E-state index in [2.05, 4.69) is 46.3 Å². The van der Waals surface area contributed by atoms with E-state index in [0.717, 1.165) is 30.7 Å². The summed E-state index contributed by atoms with van der Waals surface area (Å²) in [5.41, 5.74) is 3.92. The summed E-state index contributed by atoms with van der Waals surface area (Å²) in [5.74, 6) is 1.48. The number of hydrogen-bond donors (Lipinski definition) is 1. The van der Waals surface area contributed by atoms with Crippen molar-refractivity contribution in [3.63, 3.8) is 0 Å². The molecule has 0 spiro atoms. The van der Waals surface area contributed by atoms with Crippen molar-refractivity contribution in [3.05, 3.63) is 65.9 Å². The maximum absolute atomic E-state index is 13.0. The number of hydrogen-bond acceptors (Lipinski definition) is 2. The normalized spacial score (nSPS) is 21.6. The molecule has 3 nitrogen and oxygen atoms in total. The predicted octanol–water partition coefficient (Wildman–Crippen LogP) is 4.80. The number of para-hydroxylation sites is 1. The first kappa shape index (κ1) is 16.0. The van der Waals surface area contributed by atoms with E-state index in [9.17, 15) is 4.79 Å². The van der Waals surface area contributed by atoms with E-state index in [1.54, 1.807) is 11.8 Å². The minimum Gasteiger partial charge on any atom is -0.358 e. The lowest BCUT2D eigenvalue weighted by Gasteiger charge is -2.43. The molecule has 4 heteroatoms. The number of aromatic nitrogens is 1. The number of piperidine rings is 1. The van der Waals surface area contributed by atoms with E-state index in [1.165, 1.54) is 22.2 Å². The van der Waals surface area contributed by atoms with Gasteiger partial charge in [0.05, 0.1) is 11.8 Å². The van der Waals surface area contributed by atoms with E-state index in [-0.39, 0.29) is 11.9 Å². The average Bonchev–Trinajstić information content (AvgIpc) is 3.05. The van der Waals surface area contributed by atoms with Crippen LogP contribution in [0.5, 0.6) is 0 Å². The molecule has 5 rings (SSSR count). The summed E-state index contributed by atoms with van der Waals surface area (Å²) < 4.78 is 0. The van der Waals surface area contributed by atoms with E-state index in [4.69, 9.17) is 0 Å². The molecule has 1 saturated heterocycles. The van der Waals surface area contributed by atoms with Crippen molar-refractivity contribution in [2.24, 2.45) is 5.92 Å². The maximum atomic E-state index is 13.0. The first-order chi connectivity index (χ1) is 12.8. The highest BCUT2D eigenvalue weighted by Crippen LogP contribution is 2.45. The number of carbonyl (C=O) groups excluding carboxylic acids is 1. The molecule has 0 radical (unpaired) electrons. The van der Waals surface area contributed by atoms with Crippen LogP contribution in [0.4, 0.5) is 0 Å². The molecule has 2 aliphatic rings. The number of amides is 1. The number of likely N-dealkylation sites (tertiary alicyclic amines) is 1. The second-order valence-corrected chi connectivity index (χ2v) is 8.41. The largest absolute Gasteiger partial charge is 0.358 e. The van der Waals surface area contributed by atoms with Crippen LogP contribution in [0.3, 0.4) is 0 Å². The fraction of sp³-hybridized carbons (Fsp3) is 0.318. The molecule has 2 bridgehead atoms. The van der Waals surface area contributed by atoms with Gasteiger partial charge in [-0.2, -0.15) is 0 Å². The van der Waals surface area contributed by atoms with E-state index < -0.39 is 0 Å². The second-order valence-electron chi connectivity index (χ2n) is 7.36. The fourth-order valence-electron chi connectivity index (χ4n) is 4.59. The quantitative estimate of drug-likeness (QED) is 0.680. The molecule has 3 aromatic rings. The van der Waals surface area contributed by atoms with Crippen LogP contribution in [0.25, 0.3) is 10.9 Å². The molecule has 1 aliphatic carbocycles. The first-order valence-corrected chi connectivity index (χ1v) is 10.3. The molecule has 1 fully saturated rings. The van der Waals surface area contributed by atoms with Crippen LogP contribution in [0, 0.1) is 5.92 Å². The van der Waals surface area contributed by atoms with Gasteiger partial charge in [-0.05, 0) is 43.4 Å². The molecule has 26 heavy (non-hydrogen) atoms. The summed E-state index contributed by atoms with van der Waals surface area (Å²) in [5, 5.41) is 1.29. The monoisotopic (exact) mass is 362 g/mol. The summed E-state index contributed by atoms with van der Waals surface area (Å²) in [6, 6.07) is 19.0. The lowest BCUT2D eigenvalue weighted by atomic mass is 9.78. The van der Waals surface area contributed by atoms with Crippen molar-refractivity contribution in [2.45, 2.75) is 30.2 Å². The maximum Gasteiger partial charge on any atom is 0.233 e. The molecule has 1 N–H and O–H groups in total. The molecule has 1 amide bonds. The highest BCUT2D eigenvalue weighted by atomic mass is 32.2. The van der Waals surface area contributed by atoms with Crippen molar-refractivity contribution in [2.75, 3.05) is 12.3 Å². The standard InChI is InChI=1S/C22H22N2OS/c25-21(14-26-16-6-2-1-3-7-16)24-11-10-15-12-19-22(20(24)13-15)17-8-4-5-9-18(17)23-19/h1-9,15,20,23H,10-14H2/t15-,20-/m1/s1. The predicted molar refractivity (Wildman–Crippen MR) is 106 cm³/mol. The molecule has 0 unspecified atom stereocenters. The van der Waals surface area contributed by atoms with E-state index in [0.29, 0.717) is 11.7 Å². The van der Waals surface area contributed by atoms with Crippen LogP contribution in [-0.4, -0.2) is 28.1 Å². The minimum absolute atomic E-state index is 0.234. The zero-order chi connectivity index (χ0) is 17.5. The van der Waals surface area contributed by atoms with Crippen molar-refractivity contribution in [1.82, 2.24) is 9.88 Å². The zero-order valence-electron chi connectivity index (χ0n) is 14.7. The Balaban J connectivity index is 1.43. The van der Waals surface area contributed by atoms with Crippen molar-refractivity contribution < 1.29 is 4.79 Å². The SMILES string of the molecule is O=C(CSc1ccccc1)N1CC[C@@H]2Cc3[nH]c4ccccc4c3[C@H]1C2. The van der Waals surface area contributed by atoms with Crippen LogP contribution in [-0.2, 0) is 11.2 Å². The van der Waals surface area contributed by atoms with Gasteiger partial charge >= 0.3 is 0 Å². The molecular formula is C22H22N2OS. The number of aromatic amines is 1. The van der Waals surface area contributed by atoms with Gasteiger partial charge in [0, 0.05) is 33.6 Å². The highest BCUT2D eigenvalue weighted by Gasteiger charge is 2.39. The van der Waals surface area contributed by atoms with Crippen LogP contribution in [0.15, 0.2) is 59.5 Å². The first-order valence-electron chi connectivity index (χ1n) is 9.36. The third-order valence-corrected chi connectivity index (χ3v) is 6.79.